The van der Waals surface area contributed by atoms with Gasteiger partial charge < -0.3 is 14.4 Å². The number of rotatable bonds is 3. The molecular formula is C19H25BrClNO3. The van der Waals surface area contributed by atoms with Crippen molar-refractivity contribution in [1.29, 1.82) is 0 Å². The molecule has 3 atom stereocenters. The summed E-state index contributed by atoms with van der Waals surface area (Å²) >= 11 is 9.74. The van der Waals surface area contributed by atoms with Crippen molar-refractivity contribution in [2.45, 2.75) is 51.9 Å². The van der Waals surface area contributed by atoms with Crippen molar-refractivity contribution in [3.8, 4) is 0 Å². The molecule has 6 heteroatoms. The highest BCUT2D eigenvalue weighted by atomic mass is 79.9. The molecule has 138 valence electrons. The molecule has 1 saturated carbocycles. The van der Waals surface area contributed by atoms with E-state index >= 15 is 0 Å². The van der Waals surface area contributed by atoms with Crippen LogP contribution in [0, 0.1) is 11.8 Å². The third-order valence-electron chi connectivity index (χ3n) is 4.87. The molecule has 4 nitrogen and oxygen atoms in total. The Morgan fingerprint density at radius 2 is 1.92 bits per heavy atom. The van der Waals surface area contributed by atoms with Gasteiger partial charge in [0.15, 0.2) is 0 Å². The molecule has 0 spiro atoms. The first-order valence-corrected chi connectivity index (χ1v) is 9.92. The average molecular weight is 431 g/mol. The summed E-state index contributed by atoms with van der Waals surface area (Å²) < 4.78 is 12.5. The van der Waals surface area contributed by atoms with Crippen LogP contribution < -0.4 is 0 Å². The quantitative estimate of drug-likeness (QED) is 0.656. The highest BCUT2D eigenvalue weighted by Gasteiger charge is 2.43. The third-order valence-corrected chi connectivity index (χ3v) is 6.20. The van der Waals surface area contributed by atoms with E-state index in [-0.39, 0.29) is 12.2 Å². The molecule has 1 aliphatic carbocycles. The lowest BCUT2D eigenvalue weighted by atomic mass is 10.0. The van der Waals surface area contributed by atoms with Gasteiger partial charge in [0.25, 0.3) is 0 Å². The van der Waals surface area contributed by atoms with Gasteiger partial charge in [-0.15, -0.1) is 0 Å². The molecule has 1 saturated heterocycles. The van der Waals surface area contributed by atoms with Gasteiger partial charge in [-0.3, -0.25) is 0 Å². The van der Waals surface area contributed by atoms with Crippen LogP contribution in [0.15, 0.2) is 22.7 Å². The summed E-state index contributed by atoms with van der Waals surface area (Å²) in [6.45, 7) is 7.78. The molecule has 0 N–H and O–H groups in total. The molecule has 0 bridgehead atoms. The van der Waals surface area contributed by atoms with Crippen molar-refractivity contribution in [2.24, 2.45) is 11.8 Å². The second kappa shape index (κ2) is 7.45. The van der Waals surface area contributed by atoms with E-state index in [0.717, 1.165) is 41.0 Å². The molecule has 2 aliphatic rings. The van der Waals surface area contributed by atoms with Crippen LogP contribution in [0.25, 0.3) is 0 Å². The molecule has 25 heavy (non-hydrogen) atoms. The van der Waals surface area contributed by atoms with Crippen LogP contribution in [0.2, 0.25) is 5.02 Å². The summed E-state index contributed by atoms with van der Waals surface area (Å²) in [6, 6.07) is 5.89. The molecule has 2 unspecified atom stereocenters. The second-order valence-corrected chi connectivity index (χ2v) is 9.26. The molecule has 1 amide bonds. The molecule has 2 fully saturated rings. The fraction of sp³-hybridized carbons (Fsp3) is 0.632. The Kier molecular flexibility index (Phi) is 5.66. The Morgan fingerprint density at radius 3 is 2.52 bits per heavy atom. The van der Waals surface area contributed by atoms with Gasteiger partial charge in [-0.05, 0) is 73.0 Å². The number of benzene rings is 1. The number of nitrogens with zero attached hydrogens (tertiary/aromatic N) is 1. The summed E-state index contributed by atoms with van der Waals surface area (Å²) in [5.74, 6) is 1.02. The number of fused-ring (bicyclic) bond motifs is 1. The summed E-state index contributed by atoms with van der Waals surface area (Å²) in [5, 5.41) is 0.719. The number of hydrogen-bond acceptors (Lipinski definition) is 3. The lowest BCUT2D eigenvalue weighted by molar-refractivity contribution is 0.0205. The number of hydrogen-bond donors (Lipinski definition) is 0. The highest BCUT2D eigenvalue weighted by Crippen LogP contribution is 2.40. The fourth-order valence-electron chi connectivity index (χ4n) is 3.72. The Labute approximate surface area is 162 Å². The topological polar surface area (TPSA) is 38.8 Å². The van der Waals surface area contributed by atoms with Gasteiger partial charge in [0, 0.05) is 17.6 Å². The summed E-state index contributed by atoms with van der Waals surface area (Å²) in [4.78, 5) is 14.1. The number of carbonyl (C=O) groups excluding carboxylic acids is 1. The number of ether oxygens (including phenoxy) is 2. The van der Waals surface area contributed by atoms with E-state index in [1.165, 1.54) is 0 Å². The monoisotopic (exact) mass is 429 g/mol. The van der Waals surface area contributed by atoms with Crippen molar-refractivity contribution >= 4 is 33.6 Å². The molecule has 0 radical (unpaired) electrons. The molecule has 1 aliphatic heterocycles. The maximum atomic E-state index is 12.2. The SMILES string of the molecule is CC(C)(C)OC(=O)N1CC2CC(OCc3cccc(Br)c3Cl)C[C@@H]2C1. The van der Waals surface area contributed by atoms with Crippen LogP contribution in [0.4, 0.5) is 4.79 Å². The van der Waals surface area contributed by atoms with Crippen LogP contribution >= 0.6 is 27.5 Å². The van der Waals surface area contributed by atoms with Gasteiger partial charge in [0.1, 0.15) is 5.60 Å². The lowest BCUT2D eigenvalue weighted by Gasteiger charge is -2.25. The first kappa shape index (κ1) is 19.0. The zero-order valence-electron chi connectivity index (χ0n) is 14.9. The Bertz CT molecular complexity index is 632. The van der Waals surface area contributed by atoms with Crippen LogP contribution in [0.1, 0.15) is 39.2 Å². The maximum Gasteiger partial charge on any atom is 0.410 e. The maximum absolute atomic E-state index is 12.2. The largest absolute Gasteiger partial charge is 0.444 e. The van der Waals surface area contributed by atoms with Gasteiger partial charge in [0.2, 0.25) is 0 Å². The van der Waals surface area contributed by atoms with Crippen molar-refractivity contribution in [1.82, 2.24) is 4.90 Å². The highest BCUT2D eigenvalue weighted by molar-refractivity contribution is 9.10. The summed E-state index contributed by atoms with van der Waals surface area (Å²) in [5.41, 5.74) is 0.562. The van der Waals surface area contributed by atoms with E-state index in [4.69, 9.17) is 21.1 Å². The first-order chi connectivity index (χ1) is 11.7. The summed E-state index contributed by atoms with van der Waals surface area (Å²) in [6.07, 6.45) is 2.04. The minimum atomic E-state index is -0.441. The van der Waals surface area contributed by atoms with E-state index in [1.807, 2.05) is 43.9 Å². The van der Waals surface area contributed by atoms with Crippen molar-refractivity contribution < 1.29 is 14.3 Å². The number of likely N-dealkylation sites (tertiary alicyclic amines) is 1. The van der Waals surface area contributed by atoms with Gasteiger partial charge in [-0.25, -0.2) is 4.79 Å². The van der Waals surface area contributed by atoms with Crippen LogP contribution in [-0.4, -0.2) is 35.8 Å². The molecule has 1 aromatic rings. The predicted octanol–water partition coefficient (Wildman–Crippen LogP) is 5.26. The number of halogens is 2. The van der Waals surface area contributed by atoms with E-state index in [1.54, 1.807) is 0 Å². The van der Waals surface area contributed by atoms with Crippen molar-refractivity contribution in [3.63, 3.8) is 0 Å². The number of amides is 1. The van der Waals surface area contributed by atoms with Crippen LogP contribution in [-0.2, 0) is 16.1 Å². The average Bonchev–Trinajstić information content (AvgIpc) is 3.05. The minimum Gasteiger partial charge on any atom is -0.444 e. The van der Waals surface area contributed by atoms with Crippen molar-refractivity contribution in [2.75, 3.05) is 13.1 Å². The molecule has 0 aromatic heterocycles. The van der Waals surface area contributed by atoms with Crippen molar-refractivity contribution in [3.05, 3.63) is 33.3 Å². The molecular weight excluding hydrogens is 406 g/mol. The molecule has 1 heterocycles. The van der Waals surface area contributed by atoms with Gasteiger partial charge in [0.05, 0.1) is 17.7 Å². The summed E-state index contributed by atoms with van der Waals surface area (Å²) in [7, 11) is 0. The number of carbonyl (C=O) groups is 1. The van der Waals surface area contributed by atoms with Gasteiger partial charge in [-0.1, -0.05) is 23.7 Å². The van der Waals surface area contributed by atoms with Crippen LogP contribution in [0.5, 0.6) is 0 Å². The smallest absolute Gasteiger partial charge is 0.410 e. The standard InChI is InChI=1S/C19H25BrClNO3/c1-19(2,3)25-18(23)22-9-13-7-15(8-14(13)10-22)24-11-12-5-4-6-16(20)17(12)21/h4-6,13-15H,7-11H2,1-3H3/t13-,14?,15?/m1/s1. The van der Waals surface area contributed by atoms with E-state index in [0.29, 0.717) is 18.4 Å². The lowest BCUT2D eigenvalue weighted by Crippen LogP contribution is -2.36. The predicted molar refractivity (Wildman–Crippen MR) is 102 cm³/mol. The Balaban J connectivity index is 1.48. The first-order valence-electron chi connectivity index (χ1n) is 8.75. The normalized spacial score (nSPS) is 26.0. The minimum absolute atomic E-state index is 0.194. The van der Waals surface area contributed by atoms with Gasteiger partial charge >= 0.3 is 6.09 Å². The van der Waals surface area contributed by atoms with Gasteiger partial charge in [-0.2, -0.15) is 0 Å². The Morgan fingerprint density at radius 1 is 1.28 bits per heavy atom. The zero-order chi connectivity index (χ0) is 18.2. The zero-order valence-corrected chi connectivity index (χ0v) is 17.3. The third kappa shape index (κ3) is 4.69. The molecule has 3 rings (SSSR count). The van der Waals surface area contributed by atoms with Crippen LogP contribution in [0.3, 0.4) is 0 Å². The van der Waals surface area contributed by atoms with E-state index < -0.39 is 5.60 Å². The fourth-order valence-corrected chi connectivity index (χ4v) is 4.31. The van der Waals surface area contributed by atoms with E-state index in [9.17, 15) is 4.79 Å². The van der Waals surface area contributed by atoms with E-state index in [2.05, 4.69) is 15.9 Å². The second-order valence-electron chi connectivity index (χ2n) is 8.02. The molecule has 1 aromatic carbocycles. The Hall–Kier alpha value is -0.780.